The Labute approximate surface area is 115 Å². The van der Waals surface area contributed by atoms with Crippen LogP contribution in [0.25, 0.3) is 11.3 Å². The molecule has 0 amide bonds. The van der Waals surface area contributed by atoms with Crippen LogP contribution in [0.2, 0.25) is 0 Å². The number of ketones is 1. The van der Waals surface area contributed by atoms with Gasteiger partial charge >= 0.3 is 0 Å². The molecule has 0 atom stereocenters. The molecule has 0 saturated carbocycles. The first kappa shape index (κ1) is 12.3. The largest absolute Gasteiger partial charge is 0.288 e. The van der Waals surface area contributed by atoms with E-state index >= 15 is 0 Å². The summed E-state index contributed by atoms with van der Waals surface area (Å²) in [5, 5.41) is 6.73. The molecule has 2 aromatic carbocycles. The number of halogens is 1. The topological polar surface area (TPSA) is 45.8 Å². The lowest BCUT2D eigenvalue weighted by atomic mass is 10.0. The minimum Gasteiger partial charge on any atom is -0.288 e. The first-order valence-electron chi connectivity index (χ1n) is 6.15. The fourth-order valence-electron chi connectivity index (χ4n) is 2.04. The monoisotopic (exact) mass is 266 g/mol. The van der Waals surface area contributed by atoms with E-state index in [1.807, 2.05) is 18.2 Å². The van der Waals surface area contributed by atoms with Crippen LogP contribution in [0.15, 0.2) is 60.8 Å². The minimum atomic E-state index is -0.316. The van der Waals surface area contributed by atoms with Crippen LogP contribution < -0.4 is 0 Å². The second-order valence-electron chi connectivity index (χ2n) is 4.36. The Bertz CT molecular complexity index is 733. The molecule has 0 radical (unpaired) electrons. The summed E-state index contributed by atoms with van der Waals surface area (Å²) in [6, 6.07) is 14.9. The van der Waals surface area contributed by atoms with Crippen molar-refractivity contribution in [3.63, 3.8) is 0 Å². The summed E-state index contributed by atoms with van der Waals surface area (Å²) in [4.78, 5) is 12.4. The average molecular weight is 266 g/mol. The lowest BCUT2D eigenvalue weighted by molar-refractivity contribution is 0.103. The van der Waals surface area contributed by atoms with E-state index in [0.29, 0.717) is 16.8 Å². The van der Waals surface area contributed by atoms with Crippen LogP contribution >= 0.6 is 0 Å². The Kier molecular flexibility index (Phi) is 3.13. The fourth-order valence-corrected chi connectivity index (χ4v) is 2.04. The zero-order chi connectivity index (χ0) is 13.9. The van der Waals surface area contributed by atoms with Crippen molar-refractivity contribution in [2.24, 2.45) is 0 Å². The third-order valence-electron chi connectivity index (χ3n) is 3.05. The van der Waals surface area contributed by atoms with Gasteiger partial charge in [-0.1, -0.05) is 30.3 Å². The number of nitrogens with zero attached hydrogens (tertiary/aromatic N) is 1. The maximum absolute atomic E-state index is 13.0. The molecule has 0 aliphatic carbocycles. The molecular formula is C16H11FN2O. The standard InChI is InChI=1S/C16H11FN2O/c17-13-8-6-11(7-9-13)15-14(10-18-19-15)16(20)12-4-2-1-3-5-12/h1-10H,(H,18,19). The van der Waals surface area contributed by atoms with Crippen molar-refractivity contribution in [2.45, 2.75) is 0 Å². The van der Waals surface area contributed by atoms with E-state index < -0.39 is 0 Å². The van der Waals surface area contributed by atoms with Crippen molar-refractivity contribution < 1.29 is 9.18 Å². The molecule has 0 fully saturated rings. The molecule has 1 heterocycles. The number of hydrogen-bond acceptors (Lipinski definition) is 2. The van der Waals surface area contributed by atoms with Crippen LogP contribution in [-0.2, 0) is 0 Å². The summed E-state index contributed by atoms with van der Waals surface area (Å²) >= 11 is 0. The Morgan fingerprint density at radius 2 is 1.70 bits per heavy atom. The highest BCUT2D eigenvalue weighted by molar-refractivity contribution is 6.12. The Morgan fingerprint density at radius 3 is 2.40 bits per heavy atom. The molecule has 0 unspecified atom stereocenters. The number of aromatic amines is 1. The van der Waals surface area contributed by atoms with Gasteiger partial charge in [-0.05, 0) is 24.3 Å². The summed E-state index contributed by atoms with van der Waals surface area (Å²) < 4.78 is 13.0. The van der Waals surface area contributed by atoms with Gasteiger partial charge < -0.3 is 0 Å². The number of carbonyl (C=O) groups is 1. The van der Waals surface area contributed by atoms with Crippen LogP contribution in [0.1, 0.15) is 15.9 Å². The number of rotatable bonds is 3. The molecule has 0 aliphatic heterocycles. The van der Waals surface area contributed by atoms with Crippen molar-refractivity contribution in [3.05, 3.63) is 77.7 Å². The molecule has 0 aliphatic rings. The Morgan fingerprint density at radius 1 is 1.00 bits per heavy atom. The summed E-state index contributed by atoms with van der Waals surface area (Å²) in [6.45, 7) is 0. The normalized spacial score (nSPS) is 10.4. The van der Waals surface area contributed by atoms with Gasteiger partial charge in [-0.2, -0.15) is 5.10 Å². The molecule has 20 heavy (non-hydrogen) atoms. The van der Waals surface area contributed by atoms with Gasteiger partial charge in [-0.3, -0.25) is 9.89 Å². The van der Waals surface area contributed by atoms with E-state index in [9.17, 15) is 9.18 Å². The molecule has 3 aromatic rings. The zero-order valence-electron chi connectivity index (χ0n) is 10.5. The van der Waals surface area contributed by atoms with Gasteiger partial charge in [0, 0.05) is 11.1 Å². The van der Waals surface area contributed by atoms with Crippen molar-refractivity contribution in [3.8, 4) is 11.3 Å². The fraction of sp³-hybridized carbons (Fsp3) is 0. The lowest BCUT2D eigenvalue weighted by Crippen LogP contribution is -2.01. The third kappa shape index (κ3) is 2.23. The predicted molar refractivity (Wildman–Crippen MR) is 73.9 cm³/mol. The van der Waals surface area contributed by atoms with Gasteiger partial charge in [-0.15, -0.1) is 0 Å². The highest BCUT2D eigenvalue weighted by Gasteiger charge is 2.16. The lowest BCUT2D eigenvalue weighted by Gasteiger charge is -2.03. The maximum atomic E-state index is 13.0. The van der Waals surface area contributed by atoms with Gasteiger partial charge in [0.05, 0.1) is 17.5 Å². The van der Waals surface area contributed by atoms with E-state index in [0.717, 1.165) is 5.56 Å². The molecule has 3 rings (SSSR count). The summed E-state index contributed by atoms with van der Waals surface area (Å²) in [6.07, 6.45) is 1.49. The summed E-state index contributed by atoms with van der Waals surface area (Å²) in [5.41, 5.74) is 2.39. The van der Waals surface area contributed by atoms with Crippen LogP contribution in [0.3, 0.4) is 0 Å². The third-order valence-corrected chi connectivity index (χ3v) is 3.05. The summed E-state index contributed by atoms with van der Waals surface area (Å²) in [7, 11) is 0. The maximum Gasteiger partial charge on any atom is 0.196 e. The number of aromatic nitrogens is 2. The number of hydrogen-bond donors (Lipinski definition) is 1. The van der Waals surface area contributed by atoms with Crippen molar-refractivity contribution >= 4 is 5.78 Å². The first-order chi connectivity index (χ1) is 9.75. The van der Waals surface area contributed by atoms with Crippen LogP contribution in [0, 0.1) is 5.82 Å². The molecule has 1 N–H and O–H groups in total. The predicted octanol–water partition coefficient (Wildman–Crippen LogP) is 3.45. The van der Waals surface area contributed by atoms with Crippen molar-refractivity contribution in [1.29, 1.82) is 0 Å². The number of H-pyrrole nitrogens is 1. The Balaban J connectivity index is 2.02. The average Bonchev–Trinajstić information content (AvgIpc) is 2.97. The molecule has 1 aromatic heterocycles. The van der Waals surface area contributed by atoms with Crippen molar-refractivity contribution in [2.75, 3.05) is 0 Å². The van der Waals surface area contributed by atoms with Gasteiger partial charge in [-0.25, -0.2) is 4.39 Å². The van der Waals surface area contributed by atoms with Gasteiger partial charge in [0.2, 0.25) is 0 Å². The molecule has 0 saturated heterocycles. The molecule has 0 spiro atoms. The van der Waals surface area contributed by atoms with Gasteiger partial charge in [0.25, 0.3) is 0 Å². The van der Waals surface area contributed by atoms with E-state index in [1.54, 1.807) is 24.3 Å². The highest BCUT2D eigenvalue weighted by Crippen LogP contribution is 2.23. The van der Waals surface area contributed by atoms with E-state index in [1.165, 1.54) is 18.3 Å². The minimum absolute atomic E-state index is 0.112. The smallest absolute Gasteiger partial charge is 0.196 e. The van der Waals surface area contributed by atoms with Gasteiger partial charge in [0.1, 0.15) is 5.82 Å². The number of carbonyl (C=O) groups excluding carboxylic acids is 1. The first-order valence-corrected chi connectivity index (χ1v) is 6.15. The van der Waals surface area contributed by atoms with Crippen LogP contribution in [-0.4, -0.2) is 16.0 Å². The van der Waals surface area contributed by atoms with E-state index in [4.69, 9.17) is 0 Å². The highest BCUT2D eigenvalue weighted by atomic mass is 19.1. The van der Waals surface area contributed by atoms with Crippen LogP contribution in [0.5, 0.6) is 0 Å². The SMILES string of the molecule is O=C(c1ccccc1)c1cn[nH]c1-c1ccc(F)cc1. The Hall–Kier alpha value is -2.75. The van der Waals surface area contributed by atoms with E-state index in [2.05, 4.69) is 10.2 Å². The second-order valence-corrected chi connectivity index (χ2v) is 4.36. The molecule has 98 valence electrons. The van der Waals surface area contributed by atoms with E-state index in [-0.39, 0.29) is 11.6 Å². The van der Waals surface area contributed by atoms with Crippen molar-refractivity contribution in [1.82, 2.24) is 10.2 Å². The van der Waals surface area contributed by atoms with Crippen LogP contribution in [0.4, 0.5) is 4.39 Å². The summed E-state index contributed by atoms with van der Waals surface area (Å²) in [5.74, 6) is -0.428. The zero-order valence-corrected chi connectivity index (χ0v) is 10.5. The quantitative estimate of drug-likeness (QED) is 0.738. The molecular weight excluding hydrogens is 255 g/mol. The second kappa shape index (κ2) is 5.09. The van der Waals surface area contributed by atoms with Gasteiger partial charge in [0.15, 0.2) is 5.78 Å². The molecule has 0 bridgehead atoms. The molecule has 4 heteroatoms. The molecule has 3 nitrogen and oxygen atoms in total. The number of nitrogens with one attached hydrogen (secondary N) is 1. The number of benzene rings is 2.